The number of hydrogen-bond donors (Lipinski definition) is 2. The number of nitrogens with one attached hydrogen (secondary N) is 2. The van der Waals surface area contributed by atoms with E-state index in [0.29, 0.717) is 5.11 Å². The average Bonchev–Trinajstić information content (AvgIpc) is 2.84. The molecule has 0 fully saturated rings. The molecule has 0 aliphatic rings. The van der Waals surface area contributed by atoms with E-state index in [1.54, 1.807) is 23.5 Å². The van der Waals surface area contributed by atoms with Gasteiger partial charge in [-0.2, -0.15) is 0 Å². The summed E-state index contributed by atoms with van der Waals surface area (Å²) in [6, 6.07) is 10.5. The number of thiocarbonyl (C=S) groups is 1. The van der Waals surface area contributed by atoms with E-state index in [4.69, 9.17) is 12.2 Å². The second-order valence-corrected chi connectivity index (χ2v) is 5.73. The third-order valence-electron chi connectivity index (χ3n) is 2.57. The molecule has 0 aliphatic carbocycles. The molecule has 1 heterocycles. The van der Waals surface area contributed by atoms with Gasteiger partial charge in [0.1, 0.15) is 5.82 Å². The van der Waals surface area contributed by atoms with Crippen LogP contribution in [0.1, 0.15) is 11.8 Å². The van der Waals surface area contributed by atoms with Crippen molar-refractivity contribution in [2.24, 2.45) is 0 Å². The first-order valence-electron chi connectivity index (χ1n) is 5.99. The van der Waals surface area contributed by atoms with Gasteiger partial charge in [0.2, 0.25) is 0 Å². The Labute approximate surface area is 121 Å². The summed E-state index contributed by atoms with van der Waals surface area (Å²) in [5.74, 6) is -0.254. The number of benzene rings is 1. The molecule has 2 nitrogen and oxygen atoms in total. The molecule has 19 heavy (non-hydrogen) atoms. The normalized spacial score (nSPS) is 11.9. The molecular weight excluding hydrogens is 279 g/mol. The Balaban J connectivity index is 1.82. The highest BCUT2D eigenvalue weighted by Crippen LogP contribution is 2.11. The van der Waals surface area contributed by atoms with E-state index >= 15 is 0 Å². The minimum Gasteiger partial charge on any atom is -0.360 e. The minimum absolute atomic E-state index is 0.249. The van der Waals surface area contributed by atoms with Gasteiger partial charge in [-0.3, -0.25) is 0 Å². The molecule has 0 saturated heterocycles. The first-order chi connectivity index (χ1) is 9.13. The fourth-order valence-electron chi connectivity index (χ4n) is 1.71. The zero-order valence-corrected chi connectivity index (χ0v) is 12.2. The van der Waals surface area contributed by atoms with Crippen molar-refractivity contribution in [3.8, 4) is 0 Å². The topological polar surface area (TPSA) is 24.1 Å². The fraction of sp³-hybridized carbons (Fsp3) is 0.214. The van der Waals surface area contributed by atoms with E-state index in [-0.39, 0.29) is 11.9 Å². The van der Waals surface area contributed by atoms with Crippen molar-refractivity contribution < 1.29 is 4.39 Å². The molecule has 100 valence electrons. The maximum absolute atomic E-state index is 12.8. The van der Waals surface area contributed by atoms with E-state index in [9.17, 15) is 4.39 Å². The third-order valence-corrected chi connectivity index (χ3v) is 3.69. The van der Waals surface area contributed by atoms with Gasteiger partial charge in [0, 0.05) is 23.0 Å². The summed E-state index contributed by atoms with van der Waals surface area (Å²) in [4.78, 5) is 1.32. The van der Waals surface area contributed by atoms with Gasteiger partial charge in [0.15, 0.2) is 5.11 Å². The Morgan fingerprint density at radius 1 is 1.32 bits per heavy atom. The van der Waals surface area contributed by atoms with Crippen molar-refractivity contribution in [1.29, 1.82) is 0 Å². The lowest BCUT2D eigenvalue weighted by Crippen LogP contribution is -2.36. The van der Waals surface area contributed by atoms with Crippen molar-refractivity contribution in [3.05, 3.63) is 52.5 Å². The summed E-state index contributed by atoms with van der Waals surface area (Å²) < 4.78 is 12.8. The summed E-state index contributed by atoms with van der Waals surface area (Å²) in [7, 11) is 0. The minimum atomic E-state index is -0.254. The predicted octanol–water partition coefficient (Wildman–Crippen LogP) is 3.80. The standard InChI is InChI=1S/C14H15FN2S2/c1-10(9-13-3-2-8-19-13)16-14(18)17-12-6-4-11(15)5-7-12/h2-8,10H,9H2,1H3,(H2,16,17,18)/t10-/m1/s1. The van der Waals surface area contributed by atoms with Crippen LogP contribution in [0.3, 0.4) is 0 Å². The molecule has 1 atom stereocenters. The third kappa shape index (κ3) is 4.61. The molecule has 0 spiro atoms. The van der Waals surface area contributed by atoms with Crippen LogP contribution >= 0.6 is 23.6 Å². The number of thiophene rings is 1. The Hall–Kier alpha value is -1.46. The Kier molecular flexibility index (Phi) is 4.87. The van der Waals surface area contributed by atoms with Crippen LogP contribution in [0.5, 0.6) is 0 Å². The summed E-state index contributed by atoms with van der Waals surface area (Å²) in [6.45, 7) is 2.08. The van der Waals surface area contributed by atoms with Crippen LogP contribution in [-0.4, -0.2) is 11.2 Å². The maximum atomic E-state index is 12.8. The van der Waals surface area contributed by atoms with Gasteiger partial charge in [-0.05, 0) is 54.9 Å². The van der Waals surface area contributed by atoms with Gasteiger partial charge < -0.3 is 10.6 Å². The number of hydrogen-bond acceptors (Lipinski definition) is 2. The molecule has 2 aromatic rings. The van der Waals surface area contributed by atoms with Gasteiger partial charge in [0.25, 0.3) is 0 Å². The molecule has 0 aliphatic heterocycles. The second kappa shape index (κ2) is 6.63. The largest absolute Gasteiger partial charge is 0.360 e. The van der Waals surface area contributed by atoms with Gasteiger partial charge in [-0.25, -0.2) is 4.39 Å². The first-order valence-corrected chi connectivity index (χ1v) is 7.28. The number of anilines is 1. The molecule has 1 aromatic heterocycles. The molecule has 2 rings (SSSR count). The van der Waals surface area contributed by atoms with Crippen LogP contribution in [0, 0.1) is 5.82 Å². The van der Waals surface area contributed by atoms with Crippen molar-refractivity contribution in [2.45, 2.75) is 19.4 Å². The molecule has 0 unspecified atom stereocenters. The summed E-state index contributed by atoms with van der Waals surface area (Å²) in [5.41, 5.74) is 0.780. The first kappa shape index (κ1) is 14.0. The Bertz CT molecular complexity index is 523. The highest BCUT2D eigenvalue weighted by atomic mass is 32.1. The molecule has 1 aromatic carbocycles. The second-order valence-electron chi connectivity index (χ2n) is 4.29. The molecule has 2 N–H and O–H groups in total. The fourth-order valence-corrected chi connectivity index (χ4v) is 2.86. The molecule has 0 saturated carbocycles. The summed E-state index contributed by atoms with van der Waals surface area (Å²) >= 11 is 6.97. The van der Waals surface area contributed by atoms with Crippen molar-refractivity contribution in [1.82, 2.24) is 5.32 Å². The van der Waals surface area contributed by atoms with E-state index in [1.165, 1.54) is 17.0 Å². The Morgan fingerprint density at radius 2 is 2.05 bits per heavy atom. The molecular formula is C14H15FN2S2. The van der Waals surface area contributed by atoms with Crippen LogP contribution in [0.25, 0.3) is 0 Å². The van der Waals surface area contributed by atoms with Crippen molar-refractivity contribution >= 4 is 34.4 Å². The van der Waals surface area contributed by atoms with Gasteiger partial charge in [-0.1, -0.05) is 6.07 Å². The average molecular weight is 294 g/mol. The predicted molar refractivity (Wildman–Crippen MR) is 83.2 cm³/mol. The van der Waals surface area contributed by atoms with Gasteiger partial charge >= 0.3 is 0 Å². The van der Waals surface area contributed by atoms with E-state index < -0.39 is 0 Å². The summed E-state index contributed by atoms with van der Waals surface area (Å²) in [5, 5.41) is 8.87. The molecule has 0 radical (unpaired) electrons. The molecule has 0 amide bonds. The number of halogens is 1. The highest BCUT2D eigenvalue weighted by Gasteiger charge is 2.06. The number of rotatable bonds is 4. The molecule has 5 heteroatoms. The molecule has 0 bridgehead atoms. The zero-order valence-electron chi connectivity index (χ0n) is 10.5. The zero-order chi connectivity index (χ0) is 13.7. The van der Waals surface area contributed by atoms with Gasteiger partial charge in [-0.15, -0.1) is 11.3 Å². The van der Waals surface area contributed by atoms with E-state index in [0.717, 1.165) is 12.1 Å². The lowest BCUT2D eigenvalue weighted by Gasteiger charge is -2.16. The monoisotopic (exact) mass is 294 g/mol. The van der Waals surface area contributed by atoms with Crippen LogP contribution in [0.4, 0.5) is 10.1 Å². The highest BCUT2D eigenvalue weighted by molar-refractivity contribution is 7.80. The van der Waals surface area contributed by atoms with Gasteiger partial charge in [0.05, 0.1) is 0 Å². The summed E-state index contributed by atoms with van der Waals surface area (Å²) in [6.07, 6.45) is 0.933. The lowest BCUT2D eigenvalue weighted by molar-refractivity contribution is 0.628. The van der Waals surface area contributed by atoms with Crippen LogP contribution in [-0.2, 0) is 6.42 Å². The van der Waals surface area contributed by atoms with E-state index in [2.05, 4.69) is 29.0 Å². The lowest BCUT2D eigenvalue weighted by atomic mass is 10.2. The van der Waals surface area contributed by atoms with E-state index in [1.807, 2.05) is 6.07 Å². The van der Waals surface area contributed by atoms with Crippen molar-refractivity contribution in [3.63, 3.8) is 0 Å². The van der Waals surface area contributed by atoms with Crippen LogP contribution in [0.15, 0.2) is 41.8 Å². The maximum Gasteiger partial charge on any atom is 0.170 e. The van der Waals surface area contributed by atoms with Crippen LogP contribution < -0.4 is 10.6 Å². The Morgan fingerprint density at radius 3 is 2.68 bits per heavy atom. The van der Waals surface area contributed by atoms with Crippen molar-refractivity contribution in [2.75, 3.05) is 5.32 Å². The quantitative estimate of drug-likeness (QED) is 0.839. The van der Waals surface area contributed by atoms with Crippen LogP contribution in [0.2, 0.25) is 0 Å². The SMILES string of the molecule is C[C@H](Cc1cccs1)NC(=S)Nc1ccc(F)cc1. The smallest absolute Gasteiger partial charge is 0.170 e.